The van der Waals surface area contributed by atoms with E-state index < -0.39 is 0 Å². The van der Waals surface area contributed by atoms with Crippen LogP contribution in [0.4, 0.5) is 4.39 Å². The molecular formula is C11H6BrClFIN2O. The molecule has 0 amide bonds. The maximum Gasteiger partial charge on any atom is 0.268 e. The number of halogens is 4. The van der Waals surface area contributed by atoms with Gasteiger partial charge in [0.05, 0.1) is 12.9 Å². The molecule has 0 aliphatic heterocycles. The molecule has 0 atom stereocenters. The van der Waals surface area contributed by atoms with E-state index in [1.807, 2.05) is 22.6 Å². The molecule has 0 saturated heterocycles. The average Bonchev–Trinajstić information content (AvgIpc) is 2.33. The van der Waals surface area contributed by atoms with Crippen molar-refractivity contribution < 1.29 is 4.39 Å². The normalized spacial score (nSPS) is 10.7. The Bertz CT molecular complexity index is 662. The van der Waals surface area contributed by atoms with Crippen molar-refractivity contribution in [1.29, 1.82) is 0 Å². The van der Waals surface area contributed by atoms with Gasteiger partial charge in [-0.3, -0.25) is 9.36 Å². The van der Waals surface area contributed by atoms with E-state index in [0.717, 1.165) is 5.56 Å². The number of aromatic nitrogens is 2. The maximum absolute atomic E-state index is 13.0. The van der Waals surface area contributed by atoms with E-state index in [1.54, 1.807) is 6.07 Å². The highest BCUT2D eigenvalue weighted by molar-refractivity contribution is 14.1. The quantitative estimate of drug-likeness (QED) is 0.527. The van der Waals surface area contributed by atoms with Crippen molar-refractivity contribution in [3.8, 4) is 0 Å². The Balaban J connectivity index is 2.41. The number of hydrogen-bond donors (Lipinski definition) is 0. The minimum absolute atomic E-state index is 0.190. The van der Waals surface area contributed by atoms with Gasteiger partial charge in [0.2, 0.25) is 0 Å². The second-order valence-corrected chi connectivity index (χ2v) is 5.81. The Labute approximate surface area is 129 Å². The van der Waals surface area contributed by atoms with Crippen molar-refractivity contribution in [2.24, 2.45) is 0 Å². The molecule has 0 aliphatic carbocycles. The molecule has 3 nitrogen and oxygen atoms in total. The van der Waals surface area contributed by atoms with Gasteiger partial charge in [-0.15, -0.1) is 0 Å². The van der Waals surface area contributed by atoms with Crippen LogP contribution in [0.25, 0.3) is 0 Å². The molecule has 7 heteroatoms. The zero-order chi connectivity index (χ0) is 13.3. The standard InChI is InChI=1S/C11H6BrClFIN2O/c12-8-3-7(14)2-1-6(8)4-17-5-16-10(13)9(15)11(17)18/h1-3,5H,4H2. The van der Waals surface area contributed by atoms with Gasteiger partial charge in [0.1, 0.15) is 14.5 Å². The number of nitrogens with zero attached hydrogens (tertiary/aromatic N) is 2. The summed E-state index contributed by atoms with van der Waals surface area (Å²) in [5, 5.41) is 0.190. The predicted octanol–water partition coefficient (Wildman–Crippen LogP) is 3.45. The molecule has 1 aromatic heterocycles. The first-order chi connectivity index (χ1) is 8.49. The van der Waals surface area contributed by atoms with Gasteiger partial charge in [0, 0.05) is 4.47 Å². The third-order valence-corrected chi connectivity index (χ3v) is 4.61. The molecule has 0 bridgehead atoms. The zero-order valence-corrected chi connectivity index (χ0v) is 13.3. The van der Waals surface area contributed by atoms with Gasteiger partial charge in [0.15, 0.2) is 0 Å². The first-order valence-corrected chi connectivity index (χ1v) is 7.08. The number of benzene rings is 1. The van der Waals surface area contributed by atoms with Gasteiger partial charge in [0.25, 0.3) is 5.56 Å². The molecule has 18 heavy (non-hydrogen) atoms. The van der Waals surface area contributed by atoms with E-state index in [4.69, 9.17) is 11.6 Å². The molecule has 0 saturated carbocycles. The molecule has 0 aliphatic rings. The molecule has 0 spiro atoms. The third-order valence-electron chi connectivity index (χ3n) is 2.30. The Kier molecular flexibility index (Phi) is 4.39. The van der Waals surface area contributed by atoms with E-state index >= 15 is 0 Å². The molecular weight excluding hydrogens is 437 g/mol. The summed E-state index contributed by atoms with van der Waals surface area (Å²) in [4.78, 5) is 15.8. The summed E-state index contributed by atoms with van der Waals surface area (Å²) in [5.74, 6) is -0.332. The van der Waals surface area contributed by atoms with Crippen molar-refractivity contribution >= 4 is 50.1 Å². The summed E-state index contributed by atoms with van der Waals surface area (Å²) in [5.41, 5.74) is 0.574. The third kappa shape index (κ3) is 2.92. The van der Waals surface area contributed by atoms with Crippen LogP contribution in [0.1, 0.15) is 5.56 Å². The van der Waals surface area contributed by atoms with Crippen LogP contribution in [0.5, 0.6) is 0 Å². The van der Waals surface area contributed by atoms with Crippen LogP contribution in [0, 0.1) is 9.39 Å². The van der Waals surface area contributed by atoms with Gasteiger partial charge in [-0.2, -0.15) is 0 Å². The second kappa shape index (κ2) is 5.66. The highest BCUT2D eigenvalue weighted by Gasteiger charge is 2.09. The highest BCUT2D eigenvalue weighted by Crippen LogP contribution is 2.19. The van der Waals surface area contributed by atoms with Gasteiger partial charge in [-0.25, -0.2) is 9.37 Å². The molecule has 0 N–H and O–H groups in total. The van der Waals surface area contributed by atoms with Crippen molar-refractivity contribution in [3.63, 3.8) is 0 Å². The van der Waals surface area contributed by atoms with Crippen LogP contribution in [0.2, 0.25) is 5.15 Å². The van der Waals surface area contributed by atoms with Gasteiger partial charge < -0.3 is 0 Å². The topological polar surface area (TPSA) is 34.9 Å². The molecule has 1 heterocycles. The molecule has 94 valence electrons. The SMILES string of the molecule is O=c1c(I)c(Cl)ncn1Cc1ccc(F)cc1Br. The lowest BCUT2D eigenvalue weighted by molar-refractivity contribution is 0.624. The molecule has 0 unspecified atom stereocenters. The molecule has 0 radical (unpaired) electrons. The van der Waals surface area contributed by atoms with Crippen LogP contribution in [-0.4, -0.2) is 9.55 Å². The van der Waals surface area contributed by atoms with E-state index in [-0.39, 0.29) is 16.5 Å². The Morgan fingerprint density at radius 1 is 1.50 bits per heavy atom. The fourth-order valence-corrected chi connectivity index (χ4v) is 2.44. The van der Waals surface area contributed by atoms with Crippen molar-refractivity contribution in [2.45, 2.75) is 6.54 Å². The van der Waals surface area contributed by atoms with Crippen molar-refractivity contribution in [1.82, 2.24) is 9.55 Å². The lowest BCUT2D eigenvalue weighted by Gasteiger charge is -2.08. The maximum atomic E-state index is 13.0. The first kappa shape index (κ1) is 14.0. The Hall–Kier alpha value is -0.470. The van der Waals surface area contributed by atoms with Crippen molar-refractivity contribution in [3.05, 3.63) is 59.5 Å². The van der Waals surface area contributed by atoms with E-state index in [2.05, 4.69) is 20.9 Å². The predicted molar refractivity (Wildman–Crippen MR) is 79.4 cm³/mol. The summed E-state index contributed by atoms with van der Waals surface area (Å²) in [6, 6.07) is 4.32. The van der Waals surface area contributed by atoms with Gasteiger partial charge in [-0.1, -0.05) is 33.6 Å². The number of hydrogen-bond acceptors (Lipinski definition) is 2. The smallest absolute Gasteiger partial charge is 0.268 e. The van der Waals surface area contributed by atoms with Gasteiger partial charge >= 0.3 is 0 Å². The van der Waals surface area contributed by atoms with Crippen LogP contribution in [0.3, 0.4) is 0 Å². The van der Waals surface area contributed by atoms with Crippen LogP contribution in [-0.2, 0) is 6.54 Å². The molecule has 0 fully saturated rings. The van der Waals surface area contributed by atoms with Crippen LogP contribution in [0.15, 0.2) is 33.8 Å². The lowest BCUT2D eigenvalue weighted by atomic mass is 10.2. The Morgan fingerprint density at radius 3 is 2.89 bits per heavy atom. The van der Waals surface area contributed by atoms with Crippen LogP contribution < -0.4 is 5.56 Å². The summed E-state index contributed by atoms with van der Waals surface area (Å²) in [7, 11) is 0. The van der Waals surface area contributed by atoms with E-state index in [9.17, 15) is 9.18 Å². The summed E-state index contributed by atoms with van der Waals surface area (Å²) < 4.78 is 15.4. The monoisotopic (exact) mass is 442 g/mol. The largest absolute Gasteiger partial charge is 0.294 e. The van der Waals surface area contributed by atoms with Crippen LogP contribution >= 0.6 is 50.1 Å². The molecule has 2 aromatic rings. The highest BCUT2D eigenvalue weighted by atomic mass is 127. The van der Waals surface area contributed by atoms with Crippen molar-refractivity contribution in [2.75, 3.05) is 0 Å². The summed E-state index contributed by atoms with van der Waals surface area (Å²) >= 11 is 10.9. The Morgan fingerprint density at radius 2 is 2.22 bits per heavy atom. The molecule has 1 aromatic carbocycles. The van der Waals surface area contributed by atoms with E-state index in [1.165, 1.54) is 23.0 Å². The fourth-order valence-electron chi connectivity index (χ4n) is 1.39. The summed E-state index contributed by atoms with van der Waals surface area (Å²) in [6.45, 7) is 0.305. The summed E-state index contributed by atoms with van der Waals surface area (Å²) in [6.07, 6.45) is 1.38. The minimum atomic E-state index is -0.332. The zero-order valence-electron chi connectivity index (χ0n) is 8.83. The second-order valence-electron chi connectivity index (χ2n) is 3.52. The minimum Gasteiger partial charge on any atom is -0.294 e. The first-order valence-electron chi connectivity index (χ1n) is 4.83. The number of rotatable bonds is 2. The molecule has 2 rings (SSSR count). The van der Waals surface area contributed by atoms with Gasteiger partial charge in [-0.05, 0) is 40.3 Å². The fraction of sp³-hybridized carbons (Fsp3) is 0.0909. The lowest BCUT2D eigenvalue weighted by Crippen LogP contribution is -2.23. The van der Waals surface area contributed by atoms with E-state index in [0.29, 0.717) is 14.6 Å². The average molecular weight is 443 g/mol.